The van der Waals surface area contributed by atoms with Crippen LogP contribution in [0, 0.1) is 16.2 Å². The molecule has 0 saturated carbocycles. The molecule has 20 N–H and O–H groups in total. The van der Waals surface area contributed by atoms with E-state index in [1.165, 1.54) is 13.8 Å². The van der Waals surface area contributed by atoms with Crippen molar-refractivity contribution < 1.29 is 144 Å². The molecular weight excluding hydrogens is 1380 g/mol. The SMILES string of the molecule is CCCCSSCCOCCOCCOCCOC(=O)CCC(C)(CC(C)(CC(C)(CC(C)(SC(=S)c1ccccc1)C(=O)NC1C(O)OC(CO)C(O)C1O)C(=O)NC1C(O)OC(CO)C(O)C1O)C(=O)NC1C(O)OC(CO)C(O)C1O)C(=O)NC1C(O)OC(CO)C(O)C1O. The summed E-state index contributed by atoms with van der Waals surface area (Å²) in [5.41, 5.74) is -6.91. The van der Waals surface area contributed by atoms with Gasteiger partial charge in [-0.15, -0.1) is 0 Å². The van der Waals surface area contributed by atoms with Gasteiger partial charge in [-0.25, -0.2) is 0 Å². The molecule has 4 heterocycles. The molecule has 4 aliphatic heterocycles. The van der Waals surface area contributed by atoms with Gasteiger partial charge in [-0.1, -0.05) is 110 Å². The standard InChI is InChI=1S/C61H100N4O29S4/c1-6-7-22-96-97-23-21-89-18-17-87-15-16-88-19-20-90-36(70)13-14-58(2,54(83)62-37-45(75)41(71)32(24-66)91-49(37)79)28-59(3,55(84)63-38-46(76)42(72)33(25-67)92-50(38)80)29-60(4,56(85)64-39-47(77)43(73)34(26-68)93-51(39)81)30-61(5,98-53(95)31-11-9-8-10-12-31)57(86)65-40-48(78)44(74)35(27-69)94-52(40)82/h8-12,32-35,37-52,66-69,71-82H,6-7,13-30H2,1-5H3,(H,62,83)(H,63,84)(H,64,85)(H,65,86). The molecule has 4 saturated heterocycles. The normalized spacial score (nSPS) is 33.0. The number of unbranched alkanes of at least 4 members (excludes halogenated alkanes) is 1. The van der Waals surface area contributed by atoms with Gasteiger partial charge in [-0.05, 0) is 44.6 Å². The van der Waals surface area contributed by atoms with Gasteiger partial charge in [0.25, 0.3) is 0 Å². The van der Waals surface area contributed by atoms with Crippen molar-refractivity contribution in [3.63, 3.8) is 0 Å². The Morgan fingerprint density at radius 1 is 0.469 bits per heavy atom. The summed E-state index contributed by atoms with van der Waals surface area (Å²) in [7, 11) is 3.53. The number of hydrogen-bond acceptors (Lipinski definition) is 33. The number of benzene rings is 1. The van der Waals surface area contributed by atoms with Crippen molar-refractivity contribution >= 4 is 79.4 Å². The molecule has 98 heavy (non-hydrogen) atoms. The fourth-order valence-corrected chi connectivity index (χ4v) is 16.1. The van der Waals surface area contributed by atoms with Crippen LogP contribution >= 0.6 is 45.6 Å². The highest BCUT2D eigenvalue weighted by molar-refractivity contribution is 8.76. The van der Waals surface area contributed by atoms with Crippen molar-refractivity contribution in [3.8, 4) is 0 Å². The summed E-state index contributed by atoms with van der Waals surface area (Å²) in [4.78, 5) is 76.3. The fraction of sp³-hybridized carbons (Fsp3) is 0.803. The molecule has 1 aromatic rings. The minimum Gasteiger partial charge on any atom is -0.463 e. The van der Waals surface area contributed by atoms with Crippen LogP contribution in [0.25, 0.3) is 0 Å². The van der Waals surface area contributed by atoms with Gasteiger partial charge >= 0.3 is 5.97 Å². The van der Waals surface area contributed by atoms with Crippen LogP contribution in [-0.2, 0) is 61.9 Å². The zero-order chi connectivity index (χ0) is 72.9. The topological polar surface area (TPSA) is 531 Å². The largest absolute Gasteiger partial charge is 0.463 e. The number of esters is 1. The highest BCUT2D eigenvalue weighted by Crippen LogP contribution is 2.51. The van der Waals surface area contributed by atoms with E-state index in [0.29, 0.717) is 37.1 Å². The van der Waals surface area contributed by atoms with Crippen molar-refractivity contribution in [2.75, 3.05) is 84.2 Å². The van der Waals surface area contributed by atoms with Gasteiger partial charge in [0.15, 0.2) is 25.2 Å². The summed E-state index contributed by atoms with van der Waals surface area (Å²) in [6, 6.07) is 0.145. The van der Waals surface area contributed by atoms with Crippen molar-refractivity contribution in [3.05, 3.63) is 35.9 Å². The number of thioether (sulfide) groups is 1. The number of hydrogen-bond donors (Lipinski definition) is 20. The maximum absolute atomic E-state index is 15.9. The van der Waals surface area contributed by atoms with Crippen molar-refractivity contribution in [1.29, 1.82) is 0 Å². The first kappa shape index (κ1) is 85.4. The molecule has 0 spiro atoms. The molecule has 24 unspecified atom stereocenters. The predicted molar refractivity (Wildman–Crippen MR) is 352 cm³/mol. The van der Waals surface area contributed by atoms with Crippen LogP contribution in [-0.4, -0.2) is 327 Å². The monoisotopic (exact) mass is 1480 g/mol. The number of nitrogens with one attached hydrogen (secondary N) is 4. The summed E-state index contributed by atoms with van der Waals surface area (Å²) in [5, 5.41) is 184. The maximum atomic E-state index is 15.9. The third-order valence-electron chi connectivity index (χ3n) is 17.6. The lowest BCUT2D eigenvalue weighted by atomic mass is 9.61. The average molecular weight is 1480 g/mol. The molecule has 33 nitrogen and oxygen atoms in total. The minimum atomic E-state index is -2.49. The molecule has 0 bridgehead atoms. The Hall–Kier alpha value is -3.21. The van der Waals surface area contributed by atoms with Crippen molar-refractivity contribution in [1.82, 2.24) is 21.3 Å². The summed E-state index contributed by atoms with van der Waals surface area (Å²) in [6.45, 7) is 4.21. The Morgan fingerprint density at radius 2 is 0.816 bits per heavy atom. The summed E-state index contributed by atoms with van der Waals surface area (Å²) < 4.78 is 41.3. The zero-order valence-corrected chi connectivity index (χ0v) is 58.4. The lowest BCUT2D eigenvalue weighted by molar-refractivity contribution is -0.255. The van der Waals surface area contributed by atoms with Crippen LogP contribution in [0.5, 0.6) is 0 Å². The highest BCUT2D eigenvalue weighted by Gasteiger charge is 2.58. The van der Waals surface area contributed by atoms with Crippen LogP contribution in [0.3, 0.4) is 0 Å². The summed E-state index contributed by atoms with van der Waals surface area (Å²) in [6.07, 6.45) is -33.2. The van der Waals surface area contributed by atoms with E-state index in [1.54, 1.807) is 51.9 Å². The first-order valence-electron chi connectivity index (χ1n) is 32.2. The number of amides is 4. The van der Waals surface area contributed by atoms with Crippen molar-refractivity contribution in [2.24, 2.45) is 16.2 Å². The molecule has 4 amide bonds. The Balaban J connectivity index is 1.61. The number of carbonyl (C=O) groups excluding carboxylic acids is 5. The number of aliphatic hydroxyl groups is 16. The molecule has 4 aliphatic rings. The van der Waals surface area contributed by atoms with Gasteiger partial charge in [0.2, 0.25) is 23.6 Å². The number of carbonyl (C=O) groups is 5. The smallest absolute Gasteiger partial charge is 0.305 e. The van der Waals surface area contributed by atoms with Crippen LogP contribution in [0.4, 0.5) is 0 Å². The van der Waals surface area contributed by atoms with E-state index in [0.717, 1.165) is 38.2 Å². The predicted octanol–water partition coefficient (Wildman–Crippen LogP) is -5.74. The van der Waals surface area contributed by atoms with E-state index in [4.69, 9.17) is 50.1 Å². The summed E-state index contributed by atoms with van der Waals surface area (Å²) in [5.74, 6) is -4.07. The molecule has 0 aromatic heterocycles. The van der Waals surface area contributed by atoms with Crippen LogP contribution < -0.4 is 21.3 Å². The van der Waals surface area contributed by atoms with E-state index >= 15 is 19.2 Å². The fourth-order valence-electron chi connectivity index (χ4n) is 12.1. The van der Waals surface area contributed by atoms with E-state index in [9.17, 15) is 86.5 Å². The zero-order valence-electron chi connectivity index (χ0n) is 55.2. The van der Waals surface area contributed by atoms with Crippen molar-refractivity contribution in [2.45, 2.75) is 207 Å². The number of thiocarbonyl (C=S) groups is 1. The highest BCUT2D eigenvalue weighted by atomic mass is 33.1. The third kappa shape index (κ3) is 23.1. The van der Waals surface area contributed by atoms with Crippen LogP contribution in [0.2, 0.25) is 0 Å². The number of rotatable bonds is 39. The molecule has 24 atom stereocenters. The second-order valence-electron chi connectivity index (χ2n) is 25.7. The van der Waals surface area contributed by atoms with Crippen LogP contribution in [0.1, 0.15) is 85.1 Å². The number of aliphatic hydroxyl groups excluding tert-OH is 16. The quantitative estimate of drug-likeness (QED) is 0.0126. The minimum absolute atomic E-state index is 0.0465. The molecule has 0 radical (unpaired) electrons. The van der Waals surface area contributed by atoms with E-state index < -0.39 is 232 Å². The van der Waals surface area contributed by atoms with E-state index in [-0.39, 0.29) is 30.6 Å². The molecule has 1 aromatic carbocycles. The molecule has 5 rings (SSSR count). The molecule has 37 heteroatoms. The molecule has 0 aliphatic carbocycles. The molecular formula is C61H100N4O29S4. The van der Waals surface area contributed by atoms with Gasteiger partial charge in [-0.2, -0.15) is 0 Å². The second-order valence-corrected chi connectivity index (χ2v) is 30.5. The third-order valence-corrected chi connectivity index (χ3v) is 21.8. The van der Waals surface area contributed by atoms with Gasteiger partial charge in [-0.3, -0.25) is 24.0 Å². The van der Waals surface area contributed by atoms with Gasteiger partial charge in [0, 0.05) is 34.2 Å². The van der Waals surface area contributed by atoms with E-state index in [2.05, 4.69) is 28.2 Å². The maximum Gasteiger partial charge on any atom is 0.305 e. The van der Waals surface area contributed by atoms with Gasteiger partial charge in [0.1, 0.15) is 104 Å². The average Bonchev–Trinajstić information content (AvgIpc) is 0.755. The lowest BCUT2D eigenvalue weighted by Gasteiger charge is -2.48. The Kier molecular flexibility index (Phi) is 35.0. The Morgan fingerprint density at radius 3 is 1.21 bits per heavy atom. The summed E-state index contributed by atoms with van der Waals surface area (Å²) >= 11 is 6.51. The number of ether oxygens (including phenoxy) is 8. The van der Waals surface area contributed by atoms with Crippen LogP contribution in [0.15, 0.2) is 30.3 Å². The Labute approximate surface area is 584 Å². The molecule has 562 valence electrons. The first-order valence-corrected chi connectivity index (χ1v) is 35.9. The van der Waals surface area contributed by atoms with E-state index in [1.807, 2.05) is 0 Å². The first-order chi connectivity index (χ1) is 46.3. The van der Waals surface area contributed by atoms with Gasteiger partial charge in [0.05, 0.1) is 75.0 Å². The molecule has 4 fully saturated rings. The Bertz CT molecular complexity index is 2660. The lowest BCUT2D eigenvalue weighted by Crippen LogP contribution is -2.67. The second kappa shape index (κ2) is 40.2. The van der Waals surface area contributed by atoms with Gasteiger partial charge < -0.3 is 141 Å².